The molecule has 4 heterocycles. The first-order valence-corrected chi connectivity index (χ1v) is 11.4. The van der Waals surface area contributed by atoms with Gasteiger partial charge < -0.3 is 14.7 Å². The lowest BCUT2D eigenvalue weighted by Crippen LogP contribution is -2.64. The summed E-state index contributed by atoms with van der Waals surface area (Å²) in [5.41, 5.74) is 0. The maximum atomic E-state index is 12.6. The van der Waals surface area contributed by atoms with Crippen LogP contribution >= 0.6 is 23.1 Å². The van der Waals surface area contributed by atoms with Crippen molar-refractivity contribution in [1.82, 2.24) is 30.2 Å². The van der Waals surface area contributed by atoms with E-state index < -0.39 is 12.2 Å². The molecule has 2 unspecified atom stereocenters. The number of rotatable bonds is 5. The first kappa shape index (κ1) is 19.4. The number of amides is 3. The van der Waals surface area contributed by atoms with Gasteiger partial charge in [0.15, 0.2) is 22.5 Å². The lowest BCUT2D eigenvalue weighted by atomic mass is 10.1. The second-order valence-electron chi connectivity index (χ2n) is 7.22. The normalized spacial score (nSPS) is 25.1. The third-order valence-corrected chi connectivity index (χ3v) is 7.31. The Morgan fingerprint density at radius 3 is 2.71 bits per heavy atom. The molecule has 3 aliphatic heterocycles. The molecule has 0 saturated carbocycles. The molecular weight excluding hydrogens is 398 g/mol. The number of aryl methyl sites for hydroxylation is 1. The van der Waals surface area contributed by atoms with Crippen molar-refractivity contribution in [3.8, 4) is 0 Å². The number of carbonyl (C=O) groups is 2. The van der Waals surface area contributed by atoms with Crippen LogP contribution in [0.4, 0.5) is 4.79 Å². The number of aromatic nitrogens is 2. The van der Waals surface area contributed by atoms with E-state index in [1.807, 2.05) is 6.92 Å². The summed E-state index contributed by atoms with van der Waals surface area (Å²) in [6.07, 6.45) is 3.94. The van der Waals surface area contributed by atoms with Gasteiger partial charge in [0, 0.05) is 32.4 Å². The second kappa shape index (κ2) is 8.24. The molecule has 0 bridgehead atoms. The van der Waals surface area contributed by atoms with Crippen molar-refractivity contribution >= 4 is 41.0 Å². The molecular formula is C17H25N7O2S2. The van der Waals surface area contributed by atoms with Crippen LogP contribution in [0, 0.1) is 6.92 Å². The molecule has 1 N–H and O–H groups in total. The second-order valence-corrected chi connectivity index (χ2v) is 9.75. The fourth-order valence-electron chi connectivity index (χ4n) is 3.84. The number of carbonyl (C=O) groups excluding carboxylic acids is 2. The Balaban J connectivity index is 1.46. The molecule has 0 spiro atoms. The van der Waals surface area contributed by atoms with Crippen molar-refractivity contribution in [2.45, 2.75) is 49.2 Å². The lowest BCUT2D eigenvalue weighted by molar-refractivity contribution is -0.127. The van der Waals surface area contributed by atoms with Gasteiger partial charge in [-0.1, -0.05) is 23.1 Å². The third-order valence-electron chi connectivity index (χ3n) is 5.25. The monoisotopic (exact) mass is 423 g/mol. The minimum Gasteiger partial charge on any atom is -0.343 e. The van der Waals surface area contributed by atoms with Crippen LogP contribution in [0.5, 0.6) is 0 Å². The number of guanidine groups is 1. The third kappa shape index (κ3) is 3.82. The van der Waals surface area contributed by atoms with Gasteiger partial charge >= 0.3 is 6.03 Å². The van der Waals surface area contributed by atoms with Crippen LogP contribution in [0.25, 0.3) is 0 Å². The Morgan fingerprint density at radius 1 is 1.21 bits per heavy atom. The molecule has 28 heavy (non-hydrogen) atoms. The first-order chi connectivity index (χ1) is 13.5. The molecule has 3 amide bonds. The molecule has 4 rings (SSSR count). The smallest absolute Gasteiger partial charge is 0.325 e. The molecule has 9 nitrogen and oxygen atoms in total. The van der Waals surface area contributed by atoms with Gasteiger partial charge in [0.05, 0.1) is 0 Å². The standard InChI is InChI=1S/C17H25N7O2S2/c1-11-20-21-17(28-11)27-10-6-9-24-12-13(22(2)16(26)19-14(12)25)18-15(24)23-7-4-3-5-8-23/h12-13H,3-10H2,1-2H3,(H,19,25,26). The average Bonchev–Trinajstić information content (AvgIpc) is 3.28. The Hall–Kier alpha value is -1.88. The number of likely N-dealkylation sites (N-methyl/N-ethyl adjacent to an activating group) is 1. The van der Waals surface area contributed by atoms with Gasteiger partial charge in [-0.05, 0) is 32.6 Å². The number of nitrogens with one attached hydrogen (secondary N) is 1. The van der Waals surface area contributed by atoms with E-state index in [2.05, 4.69) is 25.3 Å². The maximum Gasteiger partial charge on any atom is 0.325 e. The van der Waals surface area contributed by atoms with Crippen molar-refractivity contribution in [2.24, 2.45) is 4.99 Å². The van der Waals surface area contributed by atoms with E-state index in [1.54, 1.807) is 30.1 Å². The zero-order valence-corrected chi connectivity index (χ0v) is 17.8. The van der Waals surface area contributed by atoms with E-state index in [1.165, 1.54) is 11.3 Å². The summed E-state index contributed by atoms with van der Waals surface area (Å²) in [7, 11) is 1.70. The average molecular weight is 424 g/mol. The van der Waals surface area contributed by atoms with Crippen LogP contribution in [0.2, 0.25) is 0 Å². The summed E-state index contributed by atoms with van der Waals surface area (Å²) in [5, 5.41) is 11.6. The summed E-state index contributed by atoms with van der Waals surface area (Å²) < 4.78 is 0.974. The van der Waals surface area contributed by atoms with Crippen molar-refractivity contribution in [2.75, 3.05) is 32.4 Å². The van der Waals surface area contributed by atoms with Crippen LogP contribution < -0.4 is 5.32 Å². The minimum absolute atomic E-state index is 0.253. The predicted octanol–water partition coefficient (Wildman–Crippen LogP) is 1.36. The van der Waals surface area contributed by atoms with Gasteiger partial charge in [-0.25, -0.2) is 9.79 Å². The molecule has 3 aliphatic rings. The topological polar surface area (TPSA) is 94.0 Å². The summed E-state index contributed by atoms with van der Waals surface area (Å²) in [6, 6.07) is -0.828. The number of piperidine rings is 1. The zero-order valence-electron chi connectivity index (χ0n) is 16.1. The molecule has 0 radical (unpaired) electrons. The van der Waals surface area contributed by atoms with E-state index >= 15 is 0 Å². The first-order valence-electron chi connectivity index (χ1n) is 9.64. The molecule has 152 valence electrons. The molecule has 2 fully saturated rings. The number of hydrogen-bond acceptors (Lipinski definition) is 9. The molecule has 2 atom stereocenters. The van der Waals surface area contributed by atoms with E-state index in [4.69, 9.17) is 4.99 Å². The number of likely N-dealkylation sites (tertiary alicyclic amines) is 1. The van der Waals surface area contributed by atoms with Gasteiger partial charge in [0.2, 0.25) is 0 Å². The molecule has 1 aromatic rings. The highest BCUT2D eigenvalue weighted by Crippen LogP contribution is 2.28. The van der Waals surface area contributed by atoms with Gasteiger partial charge in [-0.3, -0.25) is 10.1 Å². The number of thioether (sulfide) groups is 1. The Bertz CT molecular complexity index is 777. The SMILES string of the molecule is Cc1nnc(SCCCN2C(N3CCCCC3)=NC3C2C(=O)NC(=O)N3C)s1. The largest absolute Gasteiger partial charge is 0.343 e. The lowest BCUT2D eigenvalue weighted by Gasteiger charge is -2.38. The van der Waals surface area contributed by atoms with E-state index in [9.17, 15) is 9.59 Å². The molecule has 1 aromatic heterocycles. The molecule has 11 heteroatoms. The van der Waals surface area contributed by atoms with Crippen LogP contribution in [0.3, 0.4) is 0 Å². The fourth-order valence-corrected chi connectivity index (χ4v) is 5.65. The van der Waals surface area contributed by atoms with Crippen LogP contribution in [-0.2, 0) is 4.79 Å². The summed E-state index contributed by atoms with van der Waals surface area (Å²) in [6.45, 7) is 4.57. The van der Waals surface area contributed by atoms with Gasteiger partial charge in [0.25, 0.3) is 5.91 Å². The van der Waals surface area contributed by atoms with E-state index in [0.717, 1.165) is 60.0 Å². The predicted molar refractivity (Wildman–Crippen MR) is 108 cm³/mol. The highest BCUT2D eigenvalue weighted by atomic mass is 32.2. The zero-order chi connectivity index (χ0) is 19.7. The summed E-state index contributed by atoms with van der Waals surface area (Å²) in [5.74, 6) is 1.51. The fraction of sp³-hybridized carbons (Fsp3) is 0.706. The van der Waals surface area contributed by atoms with Gasteiger partial charge in [-0.2, -0.15) is 0 Å². The number of urea groups is 1. The quantitative estimate of drug-likeness (QED) is 0.564. The number of imide groups is 1. The van der Waals surface area contributed by atoms with Gasteiger partial charge in [-0.15, -0.1) is 10.2 Å². The highest BCUT2D eigenvalue weighted by Gasteiger charge is 2.49. The Kier molecular flexibility index (Phi) is 5.72. The van der Waals surface area contributed by atoms with Crippen molar-refractivity contribution in [3.63, 3.8) is 0 Å². The molecule has 0 aromatic carbocycles. The number of fused-ring (bicyclic) bond motifs is 1. The molecule has 2 saturated heterocycles. The number of hydrogen-bond donors (Lipinski definition) is 1. The van der Waals surface area contributed by atoms with E-state index in [-0.39, 0.29) is 11.9 Å². The van der Waals surface area contributed by atoms with Crippen LogP contribution in [0.1, 0.15) is 30.7 Å². The highest BCUT2D eigenvalue weighted by molar-refractivity contribution is 8.01. The molecule has 0 aliphatic carbocycles. The summed E-state index contributed by atoms with van der Waals surface area (Å²) in [4.78, 5) is 35.4. The van der Waals surface area contributed by atoms with Crippen molar-refractivity contribution in [3.05, 3.63) is 5.01 Å². The van der Waals surface area contributed by atoms with Crippen LogP contribution in [0.15, 0.2) is 9.33 Å². The number of nitrogens with zero attached hydrogens (tertiary/aromatic N) is 6. The van der Waals surface area contributed by atoms with Crippen molar-refractivity contribution < 1.29 is 9.59 Å². The Labute approximate surface area is 172 Å². The maximum absolute atomic E-state index is 12.6. The van der Waals surface area contributed by atoms with E-state index in [0.29, 0.717) is 0 Å². The number of aliphatic imine (C=N–C) groups is 1. The Morgan fingerprint density at radius 2 is 2.00 bits per heavy atom. The minimum atomic E-state index is -0.451. The van der Waals surface area contributed by atoms with Gasteiger partial charge in [0.1, 0.15) is 5.01 Å². The van der Waals surface area contributed by atoms with Crippen LogP contribution in [-0.4, -0.2) is 87.4 Å². The summed E-state index contributed by atoms with van der Waals surface area (Å²) >= 11 is 3.29. The van der Waals surface area contributed by atoms with Crippen molar-refractivity contribution in [1.29, 1.82) is 0 Å².